The molecule has 142 valence electrons. The van der Waals surface area contributed by atoms with Crippen molar-refractivity contribution in [3.8, 4) is 0 Å². The van der Waals surface area contributed by atoms with Gasteiger partial charge in [0.2, 0.25) is 20.0 Å². The van der Waals surface area contributed by atoms with E-state index in [9.17, 15) is 16.8 Å². The lowest BCUT2D eigenvalue weighted by molar-refractivity contribution is 0.578. The molecule has 6 nitrogen and oxygen atoms in total. The fourth-order valence-electron chi connectivity index (χ4n) is 2.80. The van der Waals surface area contributed by atoms with Gasteiger partial charge in [0.15, 0.2) is 0 Å². The summed E-state index contributed by atoms with van der Waals surface area (Å²) >= 11 is 0. The monoisotopic (exact) mass is 396 g/mol. The van der Waals surface area contributed by atoms with Crippen molar-refractivity contribution >= 4 is 25.7 Å². The zero-order valence-corrected chi connectivity index (χ0v) is 17.0. The second-order valence-electron chi connectivity index (χ2n) is 6.34. The summed E-state index contributed by atoms with van der Waals surface area (Å²) in [6.45, 7) is 5.46. The highest BCUT2D eigenvalue weighted by molar-refractivity contribution is 7.92. The zero-order chi connectivity index (χ0) is 19.5. The van der Waals surface area contributed by atoms with Gasteiger partial charge in [0.05, 0.1) is 16.8 Å². The normalized spacial score (nSPS) is 12.2. The molecule has 0 radical (unpaired) electrons. The SMILES string of the molecule is Cc1cc(C)cc(N(CCNS(=O)(=O)c2ccccc2C)S(C)(=O)=O)c1. The largest absolute Gasteiger partial charge is 0.269 e. The van der Waals surface area contributed by atoms with Crippen LogP contribution in [0.25, 0.3) is 0 Å². The van der Waals surface area contributed by atoms with Crippen molar-refractivity contribution in [2.45, 2.75) is 25.7 Å². The Morgan fingerprint density at radius 1 is 0.923 bits per heavy atom. The summed E-state index contributed by atoms with van der Waals surface area (Å²) in [5.74, 6) is 0. The van der Waals surface area contributed by atoms with Crippen molar-refractivity contribution in [1.82, 2.24) is 4.72 Å². The summed E-state index contributed by atoms with van der Waals surface area (Å²) in [6.07, 6.45) is 1.11. The van der Waals surface area contributed by atoms with Gasteiger partial charge < -0.3 is 0 Å². The Morgan fingerprint density at radius 3 is 2.04 bits per heavy atom. The van der Waals surface area contributed by atoms with Crippen LogP contribution in [0.2, 0.25) is 0 Å². The molecule has 0 fully saturated rings. The van der Waals surface area contributed by atoms with Crippen molar-refractivity contribution in [3.63, 3.8) is 0 Å². The molecule has 1 N–H and O–H groups in total. The molecule has 0 aliphatic carbocycles. The second-order valence-corrected chi connectivity index (χ2v) is 9.99. The minimum atomic E-state index is -3.70. The number of hydrogen-bond acceptors (Lipinski definition) is 4. The minimum Gasteiger partial charge on any atom is -0.269 e. The molecule has 0 heterocycles. The molecule has 0 aliphatic heterocycles. The summed E-state index contributed by atoms with van der Waals surface area (Å²) in [4.78, 5) is 0.192. The molecule has 2 aromatic rings. The third kappa shape index (κ3) is 5.06. The Bertz CT molecular complexity index is 979. The van der Waals surface area contributed by atoms with Crippen LogP contribution < -0.4 is 9.03 Å². The highest BCUT2D eigenvalue weighted by atomic mass is 32.2. The van der Waals surface area contributed by atoms with Crippen molar-refractivity contribution in [2.75, 3.05) is 23.7 Å². The molecule has 0 unspecified atom stereocenters. The predicted molar refractivity (Wildman–Crippen MR) is 104 cm³/mol. The maximum atomic E-state index is 12.4. The fourth-order valence-corrected chi connectivity index (χ4v) is 4.97. The van der Waals surface area contributed by atoms with Crippen molar-refractivity contribution in [3.05, 3.63) is 59.2 Å². The Kier molecular flexibility index (Phi) is 6.10. The summed E-state index contributed by atoms with van der Waals surface area (Å²) < 4.78 is 53.0. The van der Waals surface area contributed by atoms with Gasteiger partial charge in [0.25, 0.3) is 0 Å². The number of sulfonamides is 2. The van der Waals surface area contributed by atoms with E-state index < -0.39 is 20.0 Å². The third-order valence-corrected chi connectivity index (χ3v) is 6.70. The van der Waals surface area contributed by atoms with Gasteiger partial charge in [-0.25, -0.2) is 21.6 Å². The average molecular weight is 397 g/mol. The summed E-state index contributed by atoms with van der Waals surface area (Å²) in [5, 5.41) is 0. The smallest absolute Gasteiger partial charge is 0.240 e. The predicted octanol–water partition coefficient (Wildman–Crippen LogP) is 2.36. The third-order valence-electron chi connectivity index (χ3n) is 3.88. The molecule has 8 heteroatoms. The van der Waals surface area contributed by atoms with E-state index in [-0.39, 0.29) is 18.0 Å². The number of rotatable bonds is 7. The molecular formula is C18H24N2O4S2. The number of anilines is 1. The first kappa shape index (κ1) is 20.4. The van der Waals surface area contributed by atoms with Gasteiger partial charge in [-0.3, -0.25) is 4.31 Å². The number of hydrogen-bond donors (Lipinski definition) is 1. The molecule has 0 atom stereocenters. The lowest BCUT2D eigenvalue weighted by Gasteiger charge is -2.23. The molecule has 0 saturated heterocycles. The van der Waals surface area contributed by atoms with Gasteiger partial charge in [-0.05, 0) is 55.7 Å². The van der Waals surface area contributed by atoms with Crippen LogP contribution >= 0.6 is 0 Å². The average Bonchev–Trinajstić information content (AvgIpc) is 2.49. The highest BCUT2D eigenvalue weighted by Crippen LogP contribution is 2.21. The topological polar surface area (TPSA) is 83.6 Å². The quantitative estimate of drug-likeness (QED) is 0.779. The summed E-state index contributed by atoms with van der Waals surface area (Å²) in [5.41, 5.74) is 3.04. The standard InChI is InChI=1S/C18H24N2O4S2/c1-14-11-15(2)13-17(12-14)20(25(4,21)22)10-9-19-26(23,24)18-8-6-5-7-16(18)3/h5-8,11-13,19H,9-10H2,1-4H3. The lowest BCUT2D eigenvalue weighted by atomic mass is 10.1. The van der Waals surface area contributed by atoms with Crippen molar-refractivity contribution in [2.24, 2.45) is 0 Å². The van der Waals surface area contributed by atoms with Crippen LogP contribution in [-0.4, -0.2) is 36.2 Å². The molecule has 0 amide bonds. The first-order chi connectivity index (χ1) is 12.0. The van der Waals surface area contributed by atoms with Gasteiger partial charge in [-0.15, -0.1) is 0 Å². The van der Waals surface area contributed by atoms with E-state index in [0.717, 1.165) is 17.4 Å². The van der Waals surface area contributed by atoms with E-state index in [1.54, 1.807) is 37.3 Å². The van der Waals surface area contributed by atoms with E-state index in [1.165, 1.54) is 10.4 Å². The van der Waals surface area contributed by atoms with Crippen LogP contribution in [0.3, 0.4) is 0 Å². The van der Waals surface area contributed by atoms with Crippen LogP contribution in [0, 0.1) is 20.8 Å². The Hall–Kier alpha value is -1.90. The van der Waals surface area contributed by atoms with Gasteiger partial charge >= 0.3 is 0 Å². The second kappa shape index (κ2) is 7.77. The Morgan fingerprint density at radius 2 is 1.50 bits per heavy atom. The van der Waals surface area contributed by atoms with Crippen LogP contribution in [-0.2, 0) is 20.0 Å². The molecular weight excluding hydrogens is 372 g/mol. The van der Waals surface area contributed by atoms with Gasteiger partial charge in [-0.2, -0.15) is 0 Å². The molecule has 0 bridgehead atoms. The molecule has 0 aromatic heterocycles. The van der Waals surface area contributed by atoms with E-state index in [2.05, 4.69) is 4.72 Å². The lowest BCUT2D eigenvalue weighted by Crippen LogP contribution is -2.38. The number of benzene rings is 2. The summed E-state index contributed by atoms with van der Waals surface area (Å²) in [7, 11) is -7.25. The zero-order valence-electron chi connectivity index (χ0n) is 15.4. The molecule has 0 aliphatic rings. The maximum Gasteiger partial charge on any atom is 0.240 e. The maximum absolute atomic E-state index is 12.4. The van der Waals surface area contributed by atoms with Gasteiger partial charge in [0.1, 0.15) is 0 Å². The van der Waals surface area contributed by atoms with Crippen LogP contribution in [0.5, 0.6) is 0 Å². The van der Waals surface area contributed by atoms with E-state index in [4.69, 9.17) is 0 Å². The van der Waals surface area contributed by atoms with E-state index in [0.29, 0.717) is 11.3 Å². The molecule has 2 aromatic carbocycles. The number of nitrogens with zero attached hydrogens (tertiary/aromatic N) is 1. The van der Waals surface area contributed by atoms with Crippen LogP contribution in [0.15, 0.2) is 47.4 Å². The van der Waals surface area contributed by atoms with E-state index >= 15 is 0 Å². The van der Waals surface area contributed by atoms with Crippen molar-refractivity contribution in [1.29, 1.82) is 0 Å². The highest BCUT2D eigenvalue weighted by Gasteiger charge is 2.20. The summed E-state index contributed by atoms with van der Waals surface area (Å²) in [6, 6.07) is 12.1. The number of aryl methyl sites for hydroxylation is 3. The van der Waals surface area contributed by atoms with Crippen molar-refractivity contribution < 1.29 is 16.8 Å². The van der Waals surface area contributed by atoms with Crippen LogP contribution in [0.1, 0.15) is 16.7 Å². The van der Waals surface area contributed by atoms with Gasteiger partial charge in [0, 0.05) is 13.1 Å². The molecule has 26 heavy (non-hydrogen) atoms. The van der Waals surface area contributed by atoms with Gasteiger partial charge in [-0.1, -0.05) is 24.3 Å². The molecule has 0 spiro atoms. The number of nitrogens with one attached hydrogen (secondary N) is 1. The molecule has 0 saturated carbocycles. The minimum absolute atomic E-state index is 0.00678. The first-order valence-corrected chi connectivity index (χ1v) is 11.5. The first-order valence-electron chi connectivity index (χ1n) is 8.12. The fraction of sp³-hybridized carbons (Fsp3) is 0.333. The Labute approximate surface area is 156 Å². The Balaban J connectivity index is 2.20. The van der Waals surface area contributed by atoms with Crippen LogP contribution in [0.4, 0.5) is 5.69 Å². The molecule has 2 rings (SSSR count). The van der Waals surface area contributed by atoms with E-state index in [1.807, 2.05) is 19.9 Å².